The van der Waals surface area contributed by atoms with Crippen LogP contribution in [-0.4, -0.2) is 63.7 Å². The van der Waals surface area contributed by atoms with Crippen molar-refractivity contribution in [3.63, 3.8) is 0 Å². The molecule has 3 aliphatic rings. The summed E-state index contributed by atoms with van der Waals surface area (Å²) in [6.45, 7) is 9.53. The van der Waals surface area contributed by atoms with Crippen molar-refractivity contribution in [2.75, 3.05) is 11.9 Å². The van der Waals surface area contributed by atoms with Crippen molar-refractivity contribution in [3.05, 3.63) is 30.3 Å². The summed E-state index contributed by atoms with van der Waals surface area (Å²) in [5, 5.41) is 16.2. The first-order valence-corrected chi connectivity index (χ1v) is 12.9. The van der Waals surface area contributed by atoms with Gasteiger partial charge in [-0.25, -0.2) is 0 Å². The predicted molar refractivity (Wildman–Crippen MR) is 132 cm³/mol. The average molecular weight is 486 g/mol. The van der Waals surface area contributed by atoms with E-state index in [1.807, 2.05) is 65.0 Å². The van der Waals surface area contributed by atoms with Crippen molar-refractivity contribution in [3.8, 4) is 0 Å². The number of rotatable bonds is 9. The molecule has 3 heterocycles. The Morgan fingerprint density at radius 3 is 2.40 bits per heavy atom. The molecule has 3 amide bonds. The number of para-hydroxylation sites is 1. The van der Waals surface area contributed by atoms with Crippen LogP contribution in [0.4, 0.5) is 5.69 Å². The predicted octanol–water partition coefficient (Wildman–Crippen LogP) is 2.71. The van der Waals surface area contributed by atoms with Crippen LogP contribution < -0.4 is 10.6 Å². The van der Waals surface area contributed by atoms with Crippen molar-refractivity contribution >= 4 is 23.4 Å². The summed E-state index contributed by atoms with van der Waals surface area (Å²) < 4.78 is 6.74. The molecular formula is C27H39N3O5. The van der Waals surface area contributed by atoms with Crippen molar-refractivity contribution < 1.29 is 24.2 Å². The van der Waals surface area contributed by atoms with Crippen LogP contribution in [0.3, 0.4) is 0 Å². The summed E-state index contributed by atoms with van der Waals surface area (Å²) in [5.74, 6) is -2.09. The van der Waals surface area contributed by atoms with E-state index in [0.717, 1.165) is 0 Å². The van der Waals surface area contributed by atoms with E-state index in [1.54, 1.807) is 4.90 Å². The van der Waals surface area contributed by atoms with Crippen LogP contribution in [0.1, 0.15) is 60.3 Å². The lowest BCUT2D eigenvalue weighted by molar-refractivity contribution is -0.150. The van der Waals surface area contributed by atoms with Crippen LogP contribution >= 0.6 is 0 Å². The van der Waals surface area contributed by atoms with Crippen molar-refractivity contribution in [2.45, 2.75) is 89.6 Å². The van der Waals surface area contributed by atoms with E-state index in [9.17, 15) is 19.5 Å². The quantitative estimate of drug-likeness (QED) is 0.499. The normalized spacial score (nSPS) is 32.3. The van der Waals surface area contributed by atoms with Gasteiger partial charge < -0.3 is 25.4 Å². The molecule has 35 heavy (non-hydrogen) atoms. The van der Waals surface area contributed by atoms with Crippen LogP contribution in [0.25, 0.3) is 0 Å². The smallest absolute Gasteiger partial charge is 0.246 e. The first-order valence-electron chi connectivity index (χ1n) is 12.9. The van der Waals surface area contributed by atoms with Crippen LogP contribution in [0.2, 0.25) is 0 Å². The largest absolute Gasteiger partial charge is 0.394 e. The number of hydrogen-bond acceptors (Lipinski definition) is 5. The number of fused-ring (bicyclic) bond motifs is 1. The van der Waals surface area contributed by atoms with Gasteiger partial charge in [0.2, 0.25) is 17.7 Å². The molecule has 1 aromatic rings. The highest BCUT2D eigenvalue weighted by Crippen LogP contribution is 2.64. The second kappa shape index (κ2) is 9.54. The average Bonchev–Trinajstić information content (AvgIpc) is 3.41. The Bertz CT molecular complexity index is 967. The first kappa shape index (κ1) is 25.6. The van der Waals surface area contributed by atoms with E-state index in [4.69, 9.17) is 4.74 Å². The van der Waals surface area contributed by atoms with Gasteiger partial charge in [0.05, 0.1) is 30.1 Å². The SMILES string of the molecule is CC[C@@]12CCC3(O1)C(C(=O)NC(C)C)N([C@@H](CO)CC(C)C)C(=O)[C@@H]3[C@@H]2C(=O)Nc1ccccc1. The van der Waals surface area contributed by atoms with Crippen LogP contribution in [0.15, 0.2) is 30.3 Å². The third-order valence-electron chi connectivity index (χ3n) is 7.97. The standard InChI is InChI=1S/C27H39N3O5/c1-6-26-12-13-27(35-26)21(20(26)23(32)29-18-10-8-7-9-11-18)25(34)30(19(15-31)14-16(2)3)22(27)24(33)28-17(4)5/h7-11,16-17,19-22,31H,6,12-15H2,1-5H3,(H,28,33)(H,29,32)/t19-,20-,21+,22?,26+,27?/m1/s1. The number of carbonyl (C=O) groups is 3. The lowest BCUT2D eigenvalue weighted by Crippen LogP contribution is -2.59. The van der Waals surface area contributed by atoms with Gasteiger partial charge in [-0.05, 0) is 57.6 Å². The highest BCUT2D eigenvalue weighted by atomic mass is 16.5. The lowest BCUT2D eigenvalue weighted by Gasteiger charge is -2.38. The highest BCUT2D eigenvalue weighted by Gasteiger charge is 2.79. The minimum absolute atomic E-state index is 0.122. The van der Waals surface area contributed by atoms with Gasteiger partial charge in [-0.15, -0.1) is 0 Å². The van der Waals surface area contributed by atoms with Crippen molar-refractivity contribution in [1.29, 1.82) is 0 Å². The number of amides is 3. The van der Waals surface area contributed by atoms with Gasteiger partial charge in [0.1, 0.15) is 11.6 Å². The van der Waals surface area contributed by atoms with Gasteiger partial charge in [0, 0.05) is 11.7 Å². The second-order valence-corrected chi connectivity index (χ2v) is 11.1. The number of benzene rings is 1. The zero-order chi connectivity index (χ0) is 25.5. The molecule has 3 saturated heterocycles. The summed E-state index contributed by atoms with van der Waals surface area (Å²) in [4.78, 5) is 43.1. The molecule has 8 nitrogen and oxygen atoms in total. The Morgan fingerprint density at radius 2 is 1.83 bits per heavy atom. The molecule has 2 bridgehead atoms. The Hall–Kier alpha value is -2.45. The molecule has 0 aliphatic carbocycles. The van der Waals surface area contributed by atoms with Crippen molar-refractivity contribution in [1.82, 2.24) is 10.2 Å². The number of anilines is 1. The molecule has 192 valence electrons. The van der Waals surface area contributed by atoms with Gasteiger partial charge in [-0.2, -0.15) is 0 Å². The van der Waals surface area contributed by atoms with Crippen LogP contribution in [-0.2, 0) is 19.1 Å². The minimum atomic E-state index is -1.09. The monoisotopic (exact) mass is 485 g/mol. The number of likely N-dealkylation sites (tertiary alicyclic amines) is 1. The van der Waals surface area contributed by atoms with Crippen molar-refractivity contribution in [2.24, 2.45) is 17.8 Å². The molecule has 0 saturated carbocycles. The topological polar surface area (TPSA) is 108 Å². The number of carbonyl (C=O) groups excluding carboxylic acids is 3. The van der Waals surface area contributed by atoms with Crippen LogP contribution in [0.5, 0.6) is 0 Å². The summed E-state index contributed by atoms with van der Waals surface area (Å²) in [5.41, 5.74) is -1.23. The Balaban J connectivity index is 1.78. The van der Waals surface area contributed by atoms with E-state index in [1.165, 1.54) is 0 Å². The molecule has 8 heteroatoms. The molecule has 3 aliphatic heterocycles. The summed E-state index contributed by atoms with van der Waals surface area (Å²) >= 11 is 0. The number of hydrogen-bond donors (Lipinski definition) is 3. The van der Waals surface area contributed by atoms with Crippen LogP contribution in [0, 0.1) is 17.8 Å². The van der Waals surface area contributed by atoms with E-state index in [-0.39, 0.29) is 36.3 Å². The molecule has 2 unspecified atom stereocenters. The van der Waals surface area contributed by atoms with E-state index in [2.05, 4.69) is 10.6 Å². The number of nitrogens with zero attached hydrogens (tertiary/aromatic N) is 1. The first-order chi connectivity index (χ1) is 16.6. The maximum absolute atomic E-state index is 14.2. The molecule has 4 rings (SSSR count). The number of ether oxygens (including phenoxy) is 1. The second-order valence-electron chi connectivity index (χ2n) is 11.1. The zero-order valence-electron chi connectivity index (χ0n) is 21.4. The Labute approximate surface area is 207 Å². The Kier molecular flexibility index (Phi) is 6.99. The van der Waals surface area contributed by atoms with E-state index < -0.39 is 35.1 Å². The zero-order valence-corrected chi connectivity index (χ0v) is 21.4. The maximum Gasteiger partial charge on any atom is 0.246 e. The number of aliphatic hydroxyl groups is 1. The number of aliphatic hydroxyl groups excluding tert-OH is 1. The van der Waals surface area contributed by atoms with Gasteiger partial charge in [-0.1, -0.05) is 39.0 Å². The third kappa shape index (κ3) is 4.14. The number of nitrogens with one attached hydrogen (secondary N) is 2. The Morgan fingerprint density at radius 1 is 1.14 bits per heavy atom. The van der Waals surface area contributed by atoms with Gasteiger partial charge in [0.15, 0.2) is 0 Å². The molecule has 6 atom stereocenters. The third-order valence-corrected chi connectivity index (χ3v) is 7.97. The minimum Gasteiger partial charge on any atom is -0.394 e. The fourth-order valence-corrected chi connectivity index (χ4v) is 6.67. The lowest BCUT2D eigenvalue weighted by atomic mass is 9.65. The molecule has 0 aromatic heterocycles. The molecule has 0 radical (unpaired) electrons. The molecular weight excluding hydrogens is 446 g/mol. The highest BCUT2D eigenvalue weighted by molar-refractivity contribution is 6.02. The molecule has 3 fully saturated rings. The van der Waals surface area contributed by atoms with Gasteiger partial charge in [0.25, 0.3) is 0 Å². The van der Waals surface area contributed by atoms with Gasteiger partial charge in [-0.3, -0.25) is 14.4 Å². The summed E-state index contributed by atoms with van der Waals surface area (Å²) in [6, 6.07) is 7.65. The fourth-order valence-electron chi connectivity index (χ4n) is 6.67. The van der Waals surface area contributed by atoms with E-state index >= 15 is 0 Å². The maximum atomic E-state index is 14.2. The van der Waals surface area contributed by atoms with Gasteiger partial charge >= 0.3 is 0 Å². The molecule has 3 N–H and O–H groups in total. The van der Waals surface area contributed by atoms with E-state index in [0.29, 0.717) is 31.4 Å². The molecule has 1 spiro atoms. The fraction of sp³-hybridized carbons (Fsp3) is 0.667. The summed E-state index contributed by atoms with van der Waals surface area (Å²) in [7, 11) is 0. The summed E-state index contributed by atoms with van der Waals surface area (Å²) in [6.07, 6.45) is 2.25. The molecule has 1 aromatic carbocycles.